The van der Waals surface area contributed by atoms with E-state index in [4.69, 9.17) is 0 Å². The molecule has 3 heteroatoms. The van der Waals surface area contributed by atoms with E-state index in [1.807, 2.05) is 19.9 Å². The summed E-state index contributed by atoms with van der Waals surface area (Å²) < 4.78 is 26.4. The topological polar surface area (TPSA) is 12.4 Å². The zero-order valence-corrected chi connectivity index (χ0v) is 10.9. The van der Waals surface area contributed by atoms with Crippen LogP contribution < -0.4 is 0 Å². The molecule has 0 radical (unpaired) electrons. The van der Waals surface area contributed by atoms with Crippen LogP contribution in [-0.2, 0) is 5.92 Å². The van der Waals surface area contributed by atoms with Crippen molar-refractivity contribution < 1.29 is 8.78 Å². The highest BCUT2D eigenvalue weighted by atomic mass is 19.3. The number of hydrogen-bond donors (Lipinski definition) is 0. The summed E-state index contributed by atoms with van der Waals surface area (Å²) in [4.78, 5) is 4.32. The third-order valence-corrected chi connectivity index (χ3v) is 2.36. The maximum Gasteiger partial charge on any atom is 0.270 e. The molecule has 0 fully saturated rings. The smallest absolute Gasteiger partial charge is 0.249 e. The van der Waals surface area contributed by atoms with E-state index in [9.17, 15) is 8.78 Å². The lowest BCUT2D eigenvalue weighted by molar-refractivity contribution is 0.0175. The molecular formula is C15H17F2N. The van der Waals surface area contributed by atoms with Crippen molar-refractivity contribution in [1.29, 1.82) is 0 Å². The van der Waals surface area contributed by atoms with Crippen molar-refractivity contribution in [3.05, 3.63) is 54.1 Å². The van der Waals surface area contributed by atoms with Gasteiger partial charge in [-0.3, -0.25) is 0 Å². The van der Waals surface area contributed by atoms with E-state index in [1.165, 1.54) is 12.1 Å². The van der Waals surface area contributed by atoms with Gasteiger partial charge in [0.2, 0.25) is 0 Å². The molecule has 0 N–H and O–H groups in total. The zero-order chi connectivity index (χ0) is 13.8. The SMILES string of the molecule is C=C(C)C(/C=C/C)=Nc1cccc(C(C)(F)F)c1. The first-order valence-corrected chi connectivity index (χ1v) is 5.70. The van der Waals surface area contributed by atoms with Crippen molar-refractivity contribution in [3.63, 3.8) is 0 Å². The molecule has 0 aliphatic carbocycles. The summed E-state index contributed by atoms with van der Waals surface area (Å²) in [5.41, 5.74) is 1.95. The number of aliphatic imine (C=N–C) groups is 1. The minimum atomic E-state index is -2.85. The standard InChI is InChI=1S/C15H17F2N/c1-5-7-14(11(2)3)18-13-9-6-8-12(10-13)15(4,16)17/h5-10H,2H2,1,3-4H3/b7-5+,18-14?. The summed E-state index contributed by atoms with van der Waals surface area (Å²) in [5.74, 6) is -2.85. The van der Waals surface area contributed by atoms with Gasteiger partial charge in [0.15, 0.2) is 0 Å². The summed E-state index contributed by atoms with van der Waals surface area (Å²) in [6.07, 6.45) is 3.64. The van der Waals surface area contributed by atoms with E-state index in [0.29, 0.717) is 11.4 Å². The minimum absolute atomic E-state index is 0.0368. The first-order chi connectivity index (χ1) is 8.34. The molecule has 0 spiro atoms. The Balaban J connectivity index is 3.18. The summed E-state index contributed by atoms with van der Waals surface area (Å²) >= 11 is 0. The predicted molar refractivity (Wildman–Crippen MR) is 72.7 cm³/mol. The quantitative estimate of drug-likeness (QED) is 0.664. The average molecular weight is 249 g/mol. The van der Waals surface area contributed by atoms with Gasteiger partial charge in [-0.15, -0.1) is 0 Å². The van der Waals surface area contributed by atoms with Crippen molar-refractivity contribution in [2.45, 2.75) is 26.7 Å². The number of nitrogens with zero attached hydrogens (tertiary/aromatic N) is 1. The molecule has 0 unspecified atom stereocenters. The van der Waals surface area contributed by atoms with E-state index in [2.05, 4.69) is 11.6 Å². The third-order valence-electron chi connectivity index (χ3n) is 2.36. The second-order valence-corrected chi connectivity index (χ2v) is 4.22. The van der Waals surface area contributed by atoms with Crippen molar-refractivity contribution in [2.24, 2.45) is 4.99 Å². The molecule has 0 heterocycles. The Bertz CT molecular complexity index is 493. The van der Waals surface area contributed by atoms with Gasteiger partial charge in [-0.1, -0.05) is 24.8 Å². The van der Waals surface area contributed by atoms with Gasteiger partial charge in [0.05, 0.1) is 11.4 Å². The van der Waals surface area contributed by atoms with E-state index in [-0.39, 0.29) is 5.56 Å². The zero-order valence-electron chi connectivity index (χ0n) is 10.9. The molecule has 0 aromatic heterocycles. The molecule has 0 aliphatic rings. The normalized spacial score (nSPS) is 13.1. The molecule has 0 aliphatic heterocycles. The number of rotatable bonds is 4. The number of alkyl halides is 2. The fourth-order valence-corrected chi connectivity index (χ4v) is 1.42. The average Bonchev–Trinajstić information content (AvgIpc) is 2.27. The second-order valence-electron chi connectivity index (χ2n) is 4.22. The van der Waals surface area contributed by atoms with Gasteiger partial charge in [0, 0.05) is 12.5 Å². The van der Waals surface area contributed by atoms with E-state index in [0.717, 1.165) is 12.5 Å². The van der Waals surface area contributed by atoms with Crippen LogP contribution in [0.4, 0.5) is 14.5 Å². The van der Waals surface area contributed by atoms with Gasteiger partial charge in [0.1, 0.15) is 0 Å². The summed E-state index contributed by atoms with van der Waals surface area (Å²) in [5, 5.41) is 0. The molecule has 1 aromatic carbocycles. The lowest BCUT2D eigenvalue weighted by Crippen LogP contribution is -2.06. The van der Waals surface area contributed by atoms with E-state index < -0.39 is 5.92 Å². The van der Waals surface area contributed by atoms with Crippen molar-refractivity contribution in [1.82, 2.24) is 0 Å². The van der Waals surface area contributed by atoms with Gasteiger partial charge in [-0.05, 0) is 37.6 Å². The van der Waals surface area contributed by atoms with Crippen molar-refractivity contribution >= 4 is 11.4 Å². The number of allylic oxidation sites excluding steroid dienone is 3. The first-order valence-electron chi connectivity index (χ1n) is 5.70. The van der Waals surface area contributed by atoms with Crippen LogP contribution in [0.3, 0.4) is 0 Å². The van der Waals surface area contributed by atoms with Gasteiger partial charge in [0.25, 0.3) is 5.92 Å². The molecule has 1 rings (SSSR count). The number of benzene rings is 1. The number of hydrogen-bond acceptors (Lipinski definition) is 1. The molecule has 0 saturated heterocycles. The summed E-state index contributed by atoms with van der Waals surface area (Å²) in [7, 11) is 0. The van der Waals surface area contributed by atoms with Crippen LogP contribution in [0.15, 0.2) is 53.6 Å². The van der Waals surface area contributed by atoms with Crippen LogP contribution in [0.1, 0.15) is 26.3 Å². The Labute approximate surface area is 107 Å². The monoisotopic (exact) mass is 249 g/mol. The molecular weight excluding hydrogens is 232 g/mol. The fourth-order valence-electron chi connectivity index (χ4n) is 1.42. The van der Waals surface area contributed by atoms with Crippen LogP contribution in [0.5, 0.6) is 0 Å². The highest BCUT2D eigenvalue weighted by Gasteiger charge is 2.24. The molecule has 1 nitrogen and oxygen atoms in total. The summed E-state index contributed by atoms with van der Waals surface area (Å²) in [6, 6.07) is 6.07. The Kier molecular flexibility index (Phi) is 4.54. The maximum absolute atomic E-state index is 13.2. The van der Waals surface area contributed by atoms with Crippen molar-refractivity contribution in [3.8, 4) is 0 Å². The Morgan fingerprint density at radius 2 is 2.06 bits per heavy atom. The van der Waals surface area contributed by atoms with E-state index >= 15 is 0 Å². The lowest BCUT2D eigenvalue weighted by Gasteiger charge is -2.10. The van der Waals surface area contributed by atoms with Crippen LogP contribution in [-0.4, -0.2) is 5.71 Å². The van der Waals surface area contributed by atoms with Gasteiger partial charge >= 0.3 is 0 Å². The second kappa shape index (κ2) is 5.71. The molecule has 1 aromatic rings. The minimum Gasteiger partial charge on any atom is -0.249 e. The molecule has 0 atom stereocenters. The fraction of sp³-hybridized carbons (Fsp3) is 0.267. The van der Waals surface area contributed by atoms with Gasteiger partial charge in [-0.2, -0.15) is 0 Å². The van der Waals surface area contributed by atoms with Crippen LogP contribution >= 0.6 is 0 Å². The largest absolute Gasteiger partial charge is 0.270 e. The first kappa shape index (κ1) is 14.3. The predicted octanol–water partition coefficient (Wildman–Crippen LogP) is 5.02. The maximum atomic E-state index is 13.2. The van der Waals surface area contributed by atoms with Gasteiger partial charge in [-0.25, -0.2) is 13.8 Å². The Morgan fingerprint density at radius 1 is 1.39 bits per heavy atom. The third kappa shape index (κ3) is 3.91. The Hall–Kier alpha value is -1.77. The van der Waals surface area contributed by atoms with E-state index in [1.54, 1.807) is 18.2 Å². The Morgan fingerprint density at radius 3 is 2.56 bits per heavy atom. The van der Waals surface area contributed by atoms with Gasteiger partial charge < -0.3 is 0 Å². The number of halogens is 2. The highest BCUT2D eigenvalue weighted by molar-refractivity contribution is 6.08. The van der Waals surface area contributed by atoms with Crippen LogP contribution in [0.25, 0.3) is 0 Å². The highest BCUT2D eigenvalue weighted by Crippen LogP contribution is 2.29. The van der Waals surface area contributed by atoms with Crippen LogP contribution in [0.2, 0.25) is 0 Å². The molecule has 0 amide bonds. The molecule has 96 valence electrons. The molecule has 0 bridgehead atoms. The summed E-state index contributed by atoms with van der Waals surface area (Å²) in [6.45, 7) is 8.39. The molecule has 18 heavy (non-hydrogen) atoms. The van der Waals surface area contributed by atoms with Crippen molar-refractivity contribution in [2.75, 3.05) is 0 Å². The van der Waals surface area contributed by atoms with Crippen LogP contribution in [0, 0.1) is 0 Å². The lowest BCUT2D eigenvalue weighted by atomic mass is 10.1. The molecule has 0 saturated carbocycles.